The topological polar surface area (TPSA) is 38.7 Å². The zero-order chi connectivity index (χ0) is 13.2. The molecular weight excluding hydrogens is 313 g/mol. The van der Waals surface area contributed by atoms with Crippen molar-refractivity contribution < 1.29 is 0 Å². The second kappa shape index (κ2) is 5.53. The lowest BCUT2D eigenvalue weighted by Gasteiger charge is -2.09. The number of hydrogen-bond acceptors (Lipinski definition) is 4. The third kappa shape index (κ3) is 3.65. The van der Waals surface area contributed by atoms with Gasteiger partial charge in [0.1, 0.15) is 5.82 Å². The van der Waals surface area contributed by atoms with Gasteiger partial charge in [-0.05, 0) is 30.5 Å². The average molecular weight is 321 g/mol. The number of aryl methyl sites for hydroxylation is 1. The fourth-order valence-corrected chi connectivity index (χ4v) is 2.12. The molecule has 2 rings (SSSR count). The molecule has 0 radical (unpaired) electrons. The highest BCUT2D eigenvalue weighted by atomic mass is 35.6. The van der Waals surface area contributed by atoms with E-state index in [0.29, 0.717) is 11.6 Å². The van der Waals surface area contributed by atoms with Crippen LogP contribution in [-0.4, -0.2) is 15.0 Å². The Bertz CT molecular complexity index is 561. The van der Waals surface area contributed by atoms with Crippen molar-refractivity contribution in [2.45, 2.75) is 10.7 Å². The number of alkyl halides is 3. The maximum atomic E-state index is 5.76. The molecule has 0 aliphatic rings. The Morgan fingerprint density at radius 2 is 1.94 bits per heavy atom. The molecule has 3 nitrogen and oxygen atoms in total. The summed E-state index contributed by atoms with van der Waals surface area (Å²) in [5, 5.41) is 1.99. The van der Waals surface area contributed by atoms with Crippen molar-refractivity contribution in [1.29, 1.82) is 0 Å². The lowest BCUT2D eigenvalue weighted by Crippen LogP contribution is -2.11. The first kappa shape index (κ1) is 13.7. The Morgan fingerprint density at radius 1 is 1.17 bits per heavy atom. The molecule has 94 valence electrons. The number of aromatic nitrogens is 3. The molecule has 0 bridgehead atoms. The van der Waals surface area contributed by atoms with Crippen LogP contribution in [0, 0.1) is 6.92 Å². The van der Waals surface area contributed by atoms with Gasteiger partial charge in [0.15, 0.2) is 11.6 Å². The van der Waals surface area contributed by atoms with E-state index in [9.17, 15) is 0 Å². The molecule has 2 aromatic rings. The zero-order valence-corrected chi connectivity index (χ0v) is 12.4. The highest BCUT2D eigenvalue weighted by Gasteiger charge is 2.27. The van der Waals surface area contributed by atoms with Crippen molar-refractivity contribution in [3.63, 3.8) is 0 Å². The summed E-state index contributed by atoms with van der Waals surface area (Å²) in [6.07, 6.45) is 3.67. The van der Waals surface area contributed by atoms with Gasteiger partial charge in [-0.2, -0.15) is 0 Å². The summed E-state index contributed by atoms with van der Waals surface area (Å²) < 4.78 is -1.64. The Kier molecular flexibility index (Phi) is 4.22. The molecule has 7 heteroatoms. The standard InChI is InChI=1S/C11H8Cl3N3S/c1-7-15-9(5-4-8-3-2-6-18-8)17-10(16-7)11(12,13)14/h2-6H,1H3/b5-4+. The minimum absolute atomic E-state index is 0.130. The molecule has 0 unspecified atom stereocenters. The van der Waals surface area contributed by atoms with Crippen LogP contribution >= 0.6 is 46.1 Å². The number of hydrogen-bond donors (Lipinski definition) is 0. The highest BCUT2D eigenvalue weighted by molar-refractivity contribution is 7.10. The van der Waals surface area contributed by atoms with Crippen LogP contribution in [0.3, 0.4) is 0 Å². The molecule has 0 aromatic carbocycles. The third-order valence-corrected chi connectivity index (χ3v) is 3.30. The fourth-order valence-electron chi connectivity index (χ4n) is 1.25. The smallest absolute Gasteiger partial charge is 0.214 e. The van der Waals surface area contributed by atoms with Crippen LogP contribution in [-0.2, 0) is 3.79 Å². The molecule has 0 spiro atoms. The minimum atomic E-state index is -1.64. The van der Waals surface area contributed by atoms with Gasteiger partial charge in [0, 0.05) is 4.88 Å². The molecule has 0 saturated carbocycles. The maximum absolute atomic E-state index is 5.76. The van der Waals surface area contributed by atoms with Crippen LogP contribution in [0.25, 0.3) is 12.2 Å². The van der Waals surface area contributed by atoms with Gasteiger partial charge in [0.25, 0.3) is 0 Å². The summed E-state index contributed by atoms with van der Waals surface area (Å²) in [4.78, 5) is 13.4. The van der Waals surface area contributed by atoms with E-state index >= 15 is 0 Å². The van der Waals surface area contributed by atoms with Gasteiger partial charge in [0.2, 0.25) is 3.79 Å². The number of nitrogens with zero attached hydrogens (tertiary/aromatic N) is 3. The van der Waals surface area contributed by atoms with Crippen molar-refractivity contribution >= 4 is 58.3 Å². The normalized spacial score (nSPS) is 12.2. The van der Waals surface area contributed by atoms with E-state index in [1.807, 2.05) is 23.6 Å². The molecule has 2 aromatic heterocycles. The van der Waals surface area contributed by atoms with E-state index in [0.717, 1.165) is 4.88 Å². The average Bonchev–Trinajstić information content (AvgIpc) is 2.77. The van der Waals surface area contributed by atoms with Gasteiger partial charge in [-0.1, -0.05) is 40.9 Å². The van der Waals surface area contributed by atoms with E-state index in [1.54, 1.807) is 24.3 Å². The molecule has 2 heterocycles. The van der Waals surface area contributed by atoms with Crippen LogP contribution in [0.15, 0.2) is 17.5 Å². The summed E-state index contributed by atoms with van der Waals surface area (Å²) in [6, 6.07) is 3.96. The summed E-state index contributed by atoms with van der Waals surface area (Å²) >= 11 is 18.9. The van der Waals surface area contributed by atoms with Gasteiger partial charge >= 0.3 is 0 Å². The predicted molar refractivity (Wildman–Crippen MR) is 77.0 cm³/mol. The third-order valence-electron chi connectivity index (χ3n) is 1.96. The number of halogens is 3. The van der Waals surface area contributed by atoms with Gasteiger partial charge in [-0.15, -0.1) is 11.3 Å². The SMILES string of the molecule is Cc1nc(/C=C/c2cccs2)nc(C(Cl)(Cl)Cl)n1. The molecule has 0 fully saturated rings. The highest BCUT2D eigenvalue weighted by Crippen LogP contribution is 2.35. The number of thiophene rings is 1. The van der Waals surface area contributed by atoms with E-state index in [4.69, 9.17) is 34.8 Å². The van der Waals surface area contributed by atoms with Gasteiger partial charge in [0.05, 0.1) is 0 Å². The largest absolute Gasteiger partial charge is 0.250 e. The van der Waals surface area contributed by atoms with E-state index in [-0.39, 0.29) is 5.82 Å². The van der Waals surface area contributed by atoms with Crippen LogP contribution in [0.4, 0.5) is 0 Å². The summed E-state index contributed by atoms with van der Waals surface area (Å²) in [5.41, 5.74) is 0. The summed E-state index contributed by atoms with van der Waals surface area (Å²) in [5.74, 6) is 1.11. The van der Waals surface area contributed by atoms with Gasteiger partial charge in [-0.25, -0.2) is 15.0 Å². The Balaban J connectivity index is 2.31. The van der Waals surface area contributed by atoms with Crippen molar-refractivity contribution in [2.24, 2.45) is 0 Å². The molecule has 0 N–H and O–H groups in total. The van der Waals surface area contributed by atoms with Crippen molar-refractivity contribution in [2.75, 3.05) is 0 Å². The molecule has 0 atom stereocenters. The first-order valence-corrected chi connectivity index (χ1v) is 6.98. The van der Waals surface area contributed by atoms with Crippen LogP contribution in [0.5, 0.6) is 0 Å². The van der Waals surface area contributed by atoms with Gasteiger partial charge in [-0.3, -0.25) is 0 Å². The summed E-state index contributed by atoms with van der Waals surface area (Å²) in [6.45, 7) is 1.73. The Hall–Kier alpha value is -0.680. The van der Waals surface area contributed by atoms with E-state index in [1.165, 1.54) is 0 Å². The van der Waals surface area contributed by atoms with Crippen LogP contribution < -0.4 is 0 Å². The minimum Gasteiger partial charge on any atom is -0.214 e. The Morgan fingerprint density at radius 3 is 2.56 bits per heavy atom. The van der Waals surface area contributed by atoms with Gasteiger partial charge < -0.3 is 0 Å². The van der Waals surface area contributed by atoms with Crippen LogP contribution in [0.2, 0.25) is 0 Å². The summed E-state index contributed by atoms with van der Waals surface area (Å²) in [7, 11) is 0. The number of rotatable bonds is 2. The lowest BCUT2D eigenvalue weighted by atomic mass is 10.4. The van der Waals surface area contributed by atoms with E-state index < -0.39 is 3.79 Å². The molecular formula is C11H8Cl3N3S. The quantitative estimate of drug-likeness (QED) is 0.777. The maximum Gasteiger partial charge on any atom is 0.250 e. The van der Waals surface area contributed by atoms with Crippen molar-refractivity contribution in [3.8, 4) is 0 Å². The molecule has 0 saturated heterocycles. The predicted octanol–water partition coefficient (Wildman–Crippen LogP) is 4.24. The fraction of sp³-hybridized carbons (Fsp3) is 0.182. The molecule has 0 aliphatic heterocycles. The first-order valence-electron chi connectivity index (χ1n) is 4.96. The van der Waals surface area contributed by atoms with Crippen molar-refractivity contribution in [1.82, 2.24) is 15.0 Å². The van der Waals surface area contributed by atoms with Crippen molar-refractivity contribution in [3.05, 3.63) is 39.9 Å². The van der Waals surface area contributed by atoms with E-state index in [2.05, 4.69) is 15.0 Å². The van der Waals surface area contributed by atoms with Crippen LogP contribution in [0.1, 0.15) is 22.4 Å². The zero-order valence-electron chi connectivity index (χ0n) is 9.27. The second-order valence-electron chi connectivity index (χ2n) is 3.41. The first-order chi connectivity index (χ1) is 8.45. The lowest BCUT2D eigenvalue weighted by molar-refractivity contribution is 0.867. The molecule has 0 amide bonds. The molecule has 18 heavy (non-hydrogen) atoms. The second-order valence-corrected chi connectivity index (χ2v) is 6.67. The molecule has 0 aliphatic carbocycles. The monoisotopic (exact) mass is 319 g/mol. The Labute approximate surface area is 123 Å².